The molecule has 1 atom stereocenters. The summed E-state index contributed by atoms with van der Waals surface area (Å²) < 4.78 is 27.7. The van der Waals surface area contributed by atoms with Gasteiger partial charge >= 0.3 is 0 Å². The molecule has 0 saturated heterocycles. The van der Waals surface area contributed by atoms with Gasteiger partial charge in [-0.05, 0) is 50.3 Å². The summed E-state index contributed by atoms with van der Waals surface area (Å²) >= 11 is 0. The molecular weight excluding hydrogens is 326 g/mol. The Labute approximate surface area is 137 Å². The number of carbonyl (C=O) groups is 1. The Kier molecular flexibility index (Phi) is 5.61. The highest BCUT2D eigenvalue weighted by molar-refractivity contribution is 7.89. The molecule has 1 aromatic carbocycles. The molecule has 8 heteroatoms. The standard InChI is InChI=1S/C14H21N3O3S.ClH/c1-9-3-6-11(7-12(9)13(16)18)21(19,20)17-14(2,8-15)10-4-5-10;/h3,6-7,10,17H,4-5,8,15H2,1-2H3,(H2,16,18);1H. The van der Waals surface area contributed by atoms with E-state index in [4.69, 9.17) is 11.5 Å². The molecule has 0 radical (unpaired) electrons. The number of amides is 1. The number of primary amides is 1. The van der Waals surface area contributed by atoms with E-state index < -0.39 is 21.5 Å². The molecule has 124 valence electrons. The van der Waals surface area contributed by atoms with E-state index in [1.165, 1.54) is 12.1 Å². The van der Waals surface area contributed by atoms with Crippen molar-refractivity contribution in [1.29, 1.82) is 0 Å². The van der Waals surface area contributed by atoms with Crippen LogP contribution in [0.15, 0.2) is 23.1 Å². The van der Waals surface area contributed by atoms with Crippen LogP contribution < -0.4 is 16.2 Å². The number of carbonyl (C=O) groups excluding carboxylic acids is 1. The van der Waals surface area contributed by atoms with Crippen molar-refractivity contribution in [2.75, 3.05) is 6.54 Å². The zero-order valence-corrected chi connectivity index (χ0v) is 14.3. The van der Waals surface area contributed by atoms with Crippen LogP contribution >= 0.6 is 12.4 Å². The highest BCUT2D eigenvalue weighted by atomic mass is 35.5. The van der Waals surface area contributed by atoms with E-state index in [0.717, 1.165) is 12.8 Å². The van der Waals surface area contributed by atoms with E-state index in [1.807, 2.05) is 6.92 Å². The lowest BCUT2D eigenvalue weighted by molar-refractivity contribution is 0.0999. The Hall–Kier alpha value is -1.15. The van der Waals surface area contributed by atoms with E-state index in [1.54, 1.807) is 13.0 Å². The molecule has 1 saturated carbocycles. The predicted molar refractivity (Wildman–Crippen MR) is 87.4 cm³/mol. The average molecular weight is 348 g/mol. The molecule has 1 unspecified atom stereocenters. The molecule has 2 rings (SSSR count). The number of rotatable bonds is 6. The van der Waals surface area contributed by atoms with E-state index in [9.17, 15) is 13.2 Å². The lowest BCUT2D eigenvalue weighted by Gasteiger charge is -2.29. The second-order valence-electron chi connectivity index (χ2n) is 5.84. The van der Waals surface area contributed by atoms with Crippen LogP contribution in [0.2, 0.25) is 0 Å². The van der Waals surface area contributed by atoms with E-state index >= 15 is 0 Å². The minimum absolute atomic E-state index is 0. The summed E-state index contributed by atoms with van der Waals surface area (Å²) in [4.78, 5) is 11.4. The summed E-state index contributed by atoms with van der Waals surface area (Å²) in [5, 5.41) is 0. The summed E-state index contributed by atoms with van der Waals surface area (Å²) in [6, 6.07) is 4.35. The summed E-state index contributed by atoms with van der Waals surface area (Å²) in [6.45, 7) is 3.74. The summed E-state index contributed by atoms with van der Waals surface area (Å²) in [7, 11) is -3.75. The molecule has 5 N–H and O–H groups in total. The van der Waals surface area contributed by atoms with Crippen LogP contribution in [0.4, 0.5) is 0 Å². The normalized spacial score (nSPS) is 17.4. The van der Waals surface area contributed by atoms with Crippen LogP contribution in [0.3, 0.4) is 0 Å². The topological polar surface area (TPSA) is 115 Å². The van der Waals surface area contributed by atoms with Crippen molar-refractivity contribution in [2.24, 2.45) is 17.4 Å². The molecule has 1 amide bonds. The van der Waals surface area contributed by atoms with Gasteiger partial charge in [-0.1, -0.05) is 6.07 Å². The molecular formula is C14H22ClN3O3S. The van der Waals surface area contributed by atoms with Crippen LogP contribution in [0.25, 0.3) is 0 Å². The number of hydrogen-bond donors (Lipinski definition) is 3. The van der Waals surface area contributed by atoms with Crippen LogP contribution in [0.5, 0.6) is 0 Å². The first kappa shape index (κ1) is 18.9. The minimum atomic E-state index is -3.75. The Morgan fingerprint density at radius 2 is 2.00 bits per heavy atom. The van der Waals surface area contributed by atoms with Crippen molar-refractivity contribution in [3.8, 4) is 0 Å². The number of benzene rings is 1. The van der Waals surface area contributed by atoms with Crippen molar-refractivity contribution in [1.82, 2.24) is 4.72 Å². The zero-order valence-electron chi connectivity index (χ0n) is 12.6. The second-order valence-corrected chi connectivity index (χ2v) is 7.52. The van der Waals surface area contributed by atoms with Gasteiger partial charge < -0.3 is 11.5 Å². The largest absolute Gasteiger partial charge is 0.366 e. The van der Waals surface area contributed by atoms with Crippen molar-refractivity contribution in [2.45, 2.75) is 37.1 Å². The van der Waals surface area contributed by atoms with E-state index in [-0.39, 0.29) is 35.3 Å². The molecule has 1 aromatic rings. The van der Waals surface area contributed by atoms with Crippen LogP contribution in [0, 0.1) is 12.8 Å². The zero-order chi connectivity index (χ0) is 15.8. The molecule has 0 spiro atoms. The molecule has 6 nitrogen and oxygen atoms in total. The van der Waals surface area contributed by atoms with Gasteiger partial charge in [-0.2, -0.15) is 0 Å². The number of nitrogens with one attached hydrogen (secondary N) is 1. The van der Waals surface area contributed by atoms with Crippen LogP contribution in [-0.4, -0.2) is 26.4 Å². The van der Waals surface area contributed by atoms with Gasteiger partial charge in [-0.3, -0.25) is 4.79 Å². The molecule has 1 aliphatic carbocycles. The van der Waals surface area contributed by atoms with Gasteiger partial charge in [-0.15, -0.1) is 12.4 Å². The van der Waals surface area contributed by atoms with Gasteiger partial charge in [0.1, 0.15) is 0 Å². The molecule has 0 heterocycles. The van der Waals surface area contributed by atoms with Gasteiger partial charge in [0.15, 0.2) is 0 Å². The minimum Gasteiger partial charge on any atom is -0.366 e. The number of hydrogen-bond acceptors (Lipinski definition) is 4. The maximum absolute atomic E-state index is 12.5. The smallest absolute Gasteiger partial charge is 0.249 e. The number of halogens is 1. The van der Waals surface area contributed by atoms with Crippen LogP contribution in [-0.2, 0) is 10.0 Å². The summed E-state index contributed by atoms with van der Waals surface area (Å²) in [5.74, 6) is -0.383. The molecule has 0 aromatic heterocycles. The molecule has 22 heavy (non-hydrogen) atoms. The van der Waals surface area contributed by atoms with E-state index in [0.29, 0.717) is 5.56 Å². The third kappa shape index (κ3) is 3.78. The first-order valence-corrected chi connectivity index (χ1v) is 8.32. The van der Waals surface area contributed by atoms with Crippen LogP contribution in [0.1, 0.15) is 35.7 Å². The summed E-state index contributed by atoms with van der Waals surface area (Å²) in [6.07, 6.45) is 1.94. The Bertz CT molecular complexity index is 674. The SMILES string of the molecule is Cc1ccc(S(=O)(=O)NC(C)(CN)C2CC2)cc1C(N)=O.Cl. The molecule has 1 fully saturated rings. The Morgan fingerprint density at radius 3 is 2.45 bits per heavy atom. The summed E-state index contributed by atoms with van der Waals surface area (Å²) in [5.41, 5.74) is 11.2. The molecule has 1 aliphatic rings. The maximum atomic E-state index is 12.5. The number of aryl methyl sites for hydroxylation is 1. The Morgan fingerprint density at radius 1 is 1.41 bits per heavy atom. The monoisotopic (exact) mass is 347 g/mol. The van der Waals surface area contributed by atoms with Gasteiger partial charge in [0.05, 0.1) is 4.90 Å². The molecule has 0 aliphatic heterocycles. The van der Waals surface area contributed by atoms with Gasteiger partial charge in [0, 0.05) is 17.6 Å². The van der Waals surface area contributed by atoms with Crippen molar-refractivity contribution >= 4 is 28.3 Å². The number of nitrogens with two attached hydrogens (primary N) is 2. The van der Waals surface area contributed by atoms with Gasteiger partial charge in [0.2, 0.25) is 15.9 Å². The lowest BCUT2D eigenvalue weighted by atomic mass is 9.98. The quantitative estimate of drug-likeness (QED) is 0.709. The second kappa shape index (κ2) is 6.54. The predicted octanol–water partition coefficient (Wildman–Crippen LogP) is 0.921. The fourth-order valence-electron chi connectivity index (χ4n) is 2.41. The van der Waals surface area contributed by atoms with Crippen molar-refractivity contribution in [3.63, 3.8) is 0 Å². The lowest BCUT2D eigenvalue weighted by Crippen LogP contribution is -2.52. The maximum Gasteiger partial charge on any atom is 0.249 e. The van der Waals surface area contributed by atoms with Gasteiger partial charge in [0.25, 0.3) is 0 Å². The molecule has 0 bridgehead atoms. The van der Waals surface area contributed by atoms with Crippen molar-refractivity contribution in [3.05, 3.63) is 29.3 Å². The third-order valence-electron chi connectivity index (χ3n) is 4.05. The fourth-order valence-corrected chi connectivity index (χ4v) is 3.91. The van der Waals surface area contributed by atoms with Crippen molar-refractivity contribution < 1.29 is 13.2 Å². The fraction of sp³-hybridized carbons (Fsp3) is 0.500. The Balaban J connectivity index is 0.00000242. The van der Waals surface area contributed by atoms with E-state index in [2.05, 4.69) is 4.72 Å². The highest BCUT2D eigenvalue weighted by Crippen LogP contribution is 2.39. The highest BCUT2D eigenvalue weighted by Gasteiger charge is 2.43. The number of sulfonamides is 1. The third-order valence-corrected chi connectivity index (χ3v) is 5.66. The first-order valence-electron chi connectivity index (χ1n) is 6.84. The van der Waals surface area contributed by atoms with Gasteiger partial charge in [-0.25, -0.2) is 13.1 Å². The average Bonchev–Trinajstić information content (AvgIpc) is 3.22. The first-order chi connectivity index (χ1) is 9.69.